The van der Waals surface area contributed by atoms with Gasteiger partial charge in [0.25, 0.3) is 0 Å². The minimum absolute atomic E-state index is 0.312. The highest BCUT2D eigenvalue weighted by molar-refractivity contribution is 7.42. The van der Waals surface area contributed by atoms with Crippen LogP contribution in [0.1, 0.15) is 41.5 Å². The van der Waals surface area contributed by atoms with Crippen LogP contribution >= 0.6 is 0 Å². The topological polar surface area (TPSA) is 0 Å². The van der Waals surface area contributed by atoms with Gasteiger partial charge in [-0.3, -0.25) is 0 Å². The lowest BCUT2D eigenvalue weighted by molar-refractivity contribution is 0.634. The molecule has 108 valence electrons. The van der Waals surface area contributed by atoms with Crippen LogP contribution in [-0.4, -0.2) is 29.0 Å². The molecular weight excluding hydrogens is 264 g/mol. The number of rotatable bonds is 2. The molecule has 0 aromatic rings. The predicted molar refractivity (Wildman–Crippen MR) is 96.9 cm³/mol. The summed E-state index contributed by atoms with van der Waals surface area (Å²) in [5.41, 5.74) is 0. The SMILES string of the molecule is C[Si](C)=C([Si](C)(C)C)[Si](C)(C(C)(C)C)C(C)(C)C. The van der Waals surface area contributed by atoms with E-state index < -0.39 is 16.1 Å². The Balaban J connectivity index is 6.33. The van der Waals surface area contributed by atoms with Crippen molar-refractivity contribution in [2.24, 2.45) is 0 Å². The van der Waals surface area contributed by atoms with Gasteiger partial charge in [0.15, 0.2) is 0 Å². The average Bonchev–Trinajstić information content (AvgIpc) is 1.95. The maximum absolute atomic E-state index is 2.68. The van der Waals surface area contributed by atoms with Crippen molar-refractivity contribution < 1.29 is 0 Å². The van der Waals surface area contributed by atoms with Crippen molar-refractivity contribution >= 4 is 29.0 Å². The Morgan fingerprint density at radius 3 is 1.06 bits per heavy atom. The van der Waals surface area contributed by atoms with Gasteiger partial charge in [-0.2, -0.15) is 0 Å². The number of hydrogen-bond acceptors (Lipinski definition) is 0. The van der Waals surface area contributed by atoms with Crippen molar-refractivity contribution in [1.29, 1.82) is 0 Å². The van der Waals surface area contributed by atoms with Crippen molar-refractivity contribution in [2.45, 2.75) is 90.9 Å². The van der Waals surface area contributed by atoms with Gasteiger partial charge in [0.05, 0.1) is 16.1 Å². The van der Waals surface area contributed by atoms with Crippen molar-refractivity contribution in [3.63, 3.8) is 0 Å². The molecule has 0 spiro atoms. The Hall–Kier alpha value is 0.521. The molecule has 0 radical (unpaired) electrons. The van der Waals surface area contributed by atoms with Crippen LogP contribution in [0.4, 0.5) is 0 Å². The highest BCUT2D eigenvalue weighted by Gasteiger charge is 2.53. The van der Waals surface area contributed by atoms with Gasteiger partial charge in [-0.1, -0.05) is 80.8 Å². The van der Waals surface area contributed by atoms with E-state index in [1.807, 2.05) is 0 Å². The summed E-state index contributed by atoms with van der Waals surface area (Å²) in [7, 11) is -2.95. The summed E-state index contributed by atoms with van der Waals surface area (Å²) < 4.78 is 2.08. The summed E-state index contributed by atoms with van der Waals surface area (Å²) >= 11 is 0. The number of hydrogen-bond donors (Lipinski definition) is 0. The highest BCUT2D eigenvalue weighted by Crippen LogP contribution is 2.52. The molecule has 0 atom stereocenters. The minimum Gasteiger partial charge on any atom is -0.108 e. The fourth-order valence-electron chi connectivity index (χ4n) is 3.88. The van der Waals surface area contributed by atoms with Gasteiger partial charge >= 0.3 is 0 Å². The highest BCUT2D eigenvalue weighted by atomic mass is 28.4. The zero-order chi connectivity index (χ0) is 15.2. The maximum Gasteiger partial charge on any atom is 0.0801 e. The first-order chi connectivity index (χ1) is 7.57. The molecule has 0 bridgehead atoms. The molecule has 0 unspecified atom stereocenters. The third-order valence-corrected chi connectivity index (χ3v) is 24.8. The Bertz CT molecular complexity index is 314. The zero-order valence-corrected chi connectivity index (χ0v) is 18.0. The van der Waals surface area contributed by atoms with Crippen LogP contribution in [0.2, 0.25) is 49.4 Å². The summed E-state index contributed by atoms with van der Waals surface area (Å²) in [6, 6.07) is 0. The standard InChI is InChI=1S/C15H36Si3/c1-14(2,3)18(12,15(4,5)6)13(16(7)8)17(9,10)11/h1-12H3. The molecule has 0 heterocycles. The second-order valence-corrected chi connectivity index (χ2v) is 24.0. The molecule has 0 aromatic heterocycles. The fourth-order valence-corrected chi connectivity index (χ4v) is 28.1. The molecule has 0 rings (SSSR count). The first-order valence-electron chi connectivity index (χ1n) is 7.25. The van der Waals surface area contributed by atoms with Crippen LogP contribution in [0, 0.1) is 0 Å². The van der Waals surface area contributed by atoms with E-state index in [0.717, 1.165) is 0 Å². The van der Waals surface area contributed by atoms with Gasteiger partial charge in [-0.15, -0.1) is 4.42 Å². The normalized spacial score (nSPS) is 14.7. The molecule has 0 saturated heterocycles. The van der Waals surface area contributed by atoms with Gasteiger partial charge in [0.2, 0.25) is 0 Å². The molecule has 0 aliphatic rings. The molecular formula is C15H36Si3. The summed E-state index contributed by atoms with van der Waals surface area (Å²) in [5, 5.41) is 0.922. The van der Waals surface area contributed by atoms with E-state index in [1.165, 1.54) is 0 Å². The average molecular weight is 301 g/mol. The first-order valence-corrected chi connectivity index (χ1v) is 15.8. The van der Waals surface area contributed by atoms with Crippen molar-refractivity contribution in [1.82, 2.24) is 0 Å². The molecule has 18 heavy (non-hydrogen) atoms. The second-order valence-electron chi connectivity index (χ2n) is 9.25. The van der Waals surface area contributed by atoms with Crippen LogP contribution < -0.4 is 0 Å². The summed E-state index contributed by atoms with van der Waals surface area (Å²) in [4.78, 5) is 0. The first kappa shape index (κ1) is 18.5. The summed E-state index contributed by atoms with van der Waals surface area (Å²) in [6.45, 7) is 30.4. The van der Waals surface area contributed by atoms with Crippen molar-refractivity contribution in [2.75, 3.05) is 0 Å². The summed E-state index contributed by atoms with van der Waals surface area (Å²) in [6.07, 6.45) is 0. The molecule has 3 heteroatoms. The van der Waals surface area contributed by atoms with Gasteiger partial charge in [-0.05, 0) is 18.5 Å². The molecule has 0 fully saturated rings. The van der Waals surface area contributed by atoms with E-state index in [2.05, 4.69) is 85.2 Å². The Morgan fingerprint density at radius 1 is 0.722 bits per heavy atom. The van der Waals surface area contributed by atoms with Gasteiger partial charge in [0.1, 0.15) is 0 Å². The Labute approximate surface area is 120 Å². The van der Waals surface area contributed by atoms with E-state index in [4.69, 9.17) is 0 Å². The second kappa shape index (κ2) is 5.13. The third kappa shape index (κ3) is 3.34. The third-order valence-electron chi connectivity index (χ3n) is 4.75. The van der Waals surface area contributed by atoms with Gasteiger partial charge in [0, 0.05) is 0 Å². The van der Waals surface area contributed by atoms with Crippen LogP contribution in [0.3, 0.4) is 0 Å². The van der Waals surface area contributed by atoms with Crippen LogP contribution in [0.15, 0.2) is 0 Å². The monoisotopic (exact) mass is 300 g/mol. The van der Waals surface area contributed by atoms with Crippen molar-refractivity contribution in [3.05, 3.63) is 0 Å². The minimum atomic E-state index is -1.46. The van der Waals surface area contributed by atoms with E-state index in [9.17, 15) is 0 Å². The molecule has 0 N–H and O–H groups in total. The Kier molecular flexibility index (Phi) is 5.28. The smallest absolute Gasteiger partial charge is 0.0801 e. The molecule has 0 nitrogen and oxygen atoms in total. The van der Waals surface area contributed by atoms with Gasteiger partial charge < -0.3 is 0 Å². The molecule has 0 aliphatic heterocycles. The van der Waals surface area contributed by atoms with E-state index in [0.29, 0.717) is 10.1 Å². The van der Waals surface area contributed by atoms with Crippen LogP contribution in [-0.2, 0) is 0 Å². The zero-order valence-electron chi connectivity index (χ0n) is 15.0. The Morgan fingerprint density at radius 2 is 1.00 bits per heavy atom. The van der Waals surface area contributed by atoms with Gasteiger partial charge in [-0.25, -0.2) is 0 Å². The lowest BCUT2D eigenvalue weighted by Crippen LogP contribution is -2.65. The molecule has 0 aliphatic carbocycles. The summed E-state index contributed by atoms with van der Waals surface area (Å²) in [5.74, 6) is 0. The van der Waals surface area contributed by atoms with E-state index >= 15 is 0 Å². The molecule has 0 saturated carbocycles. The van der Waals surface area contributed by atoms with Crippen molar-refractivity contribution in [3.8, 4) is 0 Å². The van der Waals surface area contributed by atoms with E-state index in [1.54, 1.807) is 0 Å². The maximum atomic E-state index is 2.68. The predicted octanol–water partition coefficient (Wildman–Crippen LogP) is 5.59. The van der Waals surface area contributed by atoms with Crippen LogP contribution in [0.5, 0.6) is 0 Å². The largest absolute Gasteiger partial charge is 0.108 e. The lowest BCUT2D eigenvalue weighted by atomic mass is 10.2. The molecule has 0 amide bonds. The fraction of sp³-hybridized carbons (Fsp3) is 0.933. The molecule has 0 aromatic carbocycles. The van der Waals surface area contributed by atoms with Crippen LogP contribution in [0.25, 0.3) is 0 Å². The quantitative estimate of drug-likeness (QED) is 0.583. The lowest BCUT2D eigenvalue weighted by Gasteiger charge is -2.55. The van der Waals surface area contributed by atoms with E-state index in [-0.39, 0.29) is 8.41 Å².